The molecule has 1 saturated heterocycles. The summed E-state index contributed by atoms with van der Waals surface area (Å²) >= 11 is 0. The number of hydrogen-bond donors (Lipinski definition) is 3. The molecule has 0 aliphatic carbocycles. The minimum Gasteiger partial charge on any atom is -0.378 e. The second kappa shape index (κ2) is 13.4. The topological polar surface area (TPSA) is 136 Å². The minimum absolute atomic E-state index is 0.0187. The largest absolute Gasteiger partial charge is 0.378 e. The van der Waals surface area contributed by atoms with Crippen LogP contribution in [0.1, 0.15) is 21.8 Å². The molecule has 12 heteroatoms. The van der Waals surface area contributed by atoms with Crippen molar-refractivity contribution in [2.75, 3.05) is 63.0 Å². The van der Waals surface area contributed by atoms with Crippen molar-refractivity contribution in [2.45, 2.75) is 5.92 Å². The summed E-state index contributed by atoms with van der Waals surface area (Å²) in [5, 5.41) is 13.8. The summed E-state index contributed by atoms with van der Waals surface area (Å²) in [5.41, 5.74) is 2.86. The summed E-state index contributed by atoms with van der Waals surface area (Å²) in [6.45, 7) is 2.44. The van der Waals surface area contributed by atoms with Crippen LogP contribution in [-0.4, -0.2) is 86.7 Å². The van der Waals surface area contributed by atoms with Gasteiger partial charge in [0.15, 0.2) is 5.82 Å². The number of rotatable bonds is 8. The fourth-order valence-corrected chi connectivity index (χ4v) is 4.86. The van der Waals surface area contributed by atoms with Gasteiger partial charge < -0.3 is 30.6 Å². The van der Waals surface area contributed by atoms with Gasteiger partial charge in [-0.1, -0.05) is 6.07 Å². The standard InChI is InChI=1S/C32H33FN8O3/c1-35-19-23(18-34)21-6-10-25-28(17-21)37-29(39-30(25)41-12-14-44-15-13-41)22-7-11-27(26(33)16-22)38-32(43)36-24-8-4-20(5-9-24)31(42)40(2)3/h4-11,16-19,23,34H,12-15H2,1-3H3,(H2,36,38,43). The number of aromatic nitrogens is 2. The Kier molecular flexibility index (Phi) is 9.20. The lowest BCUT2D eigenvalue weighted by Gasteiger charge is -2.29. The molecule has 1 aliphatic rings. The highest BCUT2D eigenvalue weighted by molar-refractivity contribution is 6.01. The fraction of sp³-hybridized carbons (Fsp3) is 0.250. The third-order valence-electron chi connectivity index (χ3n) is 7.16. The van der Waals surface area contributed by atoms with E-state index in [1.165, 1.54) is 23.2 Å². The van der Waals surface area contributed by atoms with Crippen molar-refractivity contribution in [2.24, 2.45) is 4.99 Å². The first kappa shape index (κ1) is 30.2. The van der Waals surface area contributed by atoms with E-state index in [0.717, 1.165) is 16.8 Å². The van der Waals surface area contributed by atoms with Crippen LogP contribution >= 0.6 is 0 Å². The van der Waals surface area contributed by atoms with E-state index in [1.54, 1.807) is 57.7 Å². The molecule has 1 aliphatic heterocycles. The molecule has 1 aromatic heterocycles. The number of carbonyl (C=O) groups is 2. The van der Waals surface area contributed by atoms with Gasteiger partial charge in [-0.05, 0) is 60.2 Å². The van der Waals surface area contributed by atoms with Crippen LogP contribution in [0.2, 0.25) is 0 Å². The molecule has 5 rings (SSSR count). The number of nitrogens with one attached hydrogen (secondary N) is 3. The molecule has 44 heavy (non-hydrogen) atoms. The molecule has 2 heterocycles. The van der Waals surface area contributed by atoms with Crippen molar-refractivity contribution in [3.05, 3.63) is 77.6 Å². The lowest BCUT2D eigenvalue weighted by atomic mass is 9.99. The molecule has 3 aromatic carbocycles. The molecule has 0 bridgehead atoms. The second-order valence-corrected chi connectivity index (χ2v) is 10.4. The highest BCUT2D eigenvalue weighted by atomic mass is 19.1. The zero-order chi connectivity index (χ0) is 31.2. The van der Waals surface area contributed by atoms with Crippen molar-refractivity contribution in [3.8, 4) is 11.4 Å². The summed E-state index contributed by atoms with van der Waals surface area (Å²) in [7, 11) is 4.98. The number of urea groups is 1. The van der Waals surface area contributed by atoms with Gasteiger partial charge in [0.05, 0.1) is 30.3 Å². The van der Waals surface area contributed by atoms with Crippen LogP contribution in [0.25, 0.3) is 22.3 Å². The number of morpholine rings is 1. The average molecular weight is 597 g/mol. The third kappa shape index (κ3) is 6.70. The number of hydrogen-bond acceptors (Lipinski definition) is 8. The number of halogens is 1. The van der Waals surface area contributed by atoms with Gasteiger partial charge in [0.2, 0.25) is 0 Å². The molecule has 0 saturated carbocycles. The molecule has 3 amide bonds. The van der Waals surface area contributed by atoms with Crippen LogP contribution in [0.5, 0.6) is 0 Å². The van der Waals surface area contributed by atoms with E-state index in [1.807, 2.05) is 18.2 Å². The van der Waals surface area contributed by atoms with Gasteiger partial charge in [0, 0.05) is 68.9 Å². The predicted octanol–water partition coefficient (Wildman–Crippen LogP) is 5.05. The highest BCUT2D eigenvalue weighted by Crippen LogP contribution is 2.31. The van der Waals surface area contributed by atoms with E-state index in [2.05, 4.69) is 20.5 Å². The second-order valence-electron chi connectivity index (χ2n) is 10.4. The summed E-state index contributed by atoms with van der Waals surface area (Å²) in [4.78, 5) is 42.0. The van der Waals surface area contributed by atoms with Gasteiger partial charge in [-0.2, -0.15) is 0 Å². The molecule has 4 aromatic rings. The van der Waals surface area contributed by atoms with Crippen molar-refractivity contribution in [3.63, 3.8) is 0 Å². The number of anilines is 3. The quantitative estimate of drug-likeness (QED) is 0.244. The summed E-state index contributed by atoms with van der Waals surface area (Å²) in [6.07, 6.45) is 3.01. The molecule has 0 spiro atoms. The zero-order valence-corrected chi connectivity index (χ0v) is 24.7. The monoisotopic (exact) mass is 596 g/mol. The number of ether oxygens (including phenoxy) is 1. The van der Waals surface area contributed by atoms with Crippen molar-refractivity contribution in [1.82, 2.24) is 14.9 Å². The summed E-state index contributed by atoms with van der Waals surface area (Å²) in [5.74, 6) is -0.0673. The van der Waals surface area contributed by atoms with Gasteiger partial charge >= 0.3 is 6.03 Å². The Morgan fingerprint density at radius 1 is 1.05 bits per heavy atom. The Morgan fingerprint density at radius 2 is 1.80 bits per heavy atom. The molecular formula is C32H33FN8O3. The highest BCUT2D eigenvalue weighted by Gasteiger charge is 2.20. The predicted molar refractivity (Wildman–Crippen MR) is 171 cm³/mol. The first-order chi connectivity index (χ1) is 21.3. The average Bonchev–Trinajstić information content (AvgIpc) is 3.04. The molecule has 1 atom stereocenters. The van der Waals surface area contributed by atoms with Gasteiger partial charge in [-0.25, -0.2) is 19.2 Å². The van der Waals surface area contributed by atoms with Gasteiger partial charge in [-0.3, -0.25) is 9.79 Å². The molecular weight excluding hydrogens is 563 g/mol. The van der Waals surface area contributed by atoms with Crippen molar-refractivity contribution in [1.29, 1.82) is 5.41 Å². The number of aliphatic imine (C=N–C) groups is 1. The Labute approximate surface area is 254 Å². The van der Waals surface area contributed by atoms with E-state index in [-0.39, 0.29) is 17.5 Å². The molecule has 0 radical (unpaired) electrons. The first-order valence-corrected chi connectivity index (χ1v) is 14.0. The SMILES string of the molecule is CN=CC(C=N)c1ccc2c(N3CCOCC3)nc(-c3ccc(NC(=O)Nc4ccc(C(=O)N(C)C)cc4)c(F)c3)nc2c1. The molecule has 3 N–H and O–H groups in total. The van der Waals surface area contributed by atoms with E-state index in [4.69, 9.17) is 20.1 Å². The number of benzene rings is 3. The number of nitrogens with zero attached hydrogens (tertiary/aromatic N) is 5. The van der Waals surface area contributed by atoms with Crippen LogP contribution in [0.4, 0.5) is 26.4 Å². The lowest BCUT2D eigenvalue weighted by molar-refractivity contribution is 0.0827. The van der Waals surface area contributed by atoms with Crippen LogP contribution in [0, 0.1) is 11.2 Å². The molecule has 226 valence electrons. The maximum Gasteiger partial charge on any atom is 0.323 e. The molecule has 11 nitrogen and oxygen atoms in total. The number of carbonyl (C=O) groups excluding carboxylic acids is 2. The van der Waals surface area contributed by atoms with Crippen molar-refractivity contribution >= 4 is 52.5 Å². The van der Waals surface area contributed by atoms with E-state index in [0.29, 0.717) is 54.5 Å². The summed E-state index contributed by atoms with van der Waals surface area (Å²) in [6, 6.07) is 16.0. The van der Waals surface area contributed by atoms with E-state index in [9.17, 15) is 9.59 Å². The van der Waals surface area contributed by atoms with E-state index >= 15 is 4.39 Å². The molecule has 1 unspecified atom stereocenters. The third-order valence-corrected chi connectivity index (χ3v) is 7.16. The molecule has 1 fully saturated rings. The van der Waals surface area contributed by atoms with Crippen LogP contribution in [-0.2, 0) is 4.74 Å². The van der Waals surface area contributed by atoms with Crippen LogP contribution in [0.15, 0.2) is 65.7 Å². The van der Waals surface area contributed by atoms with Gasteiger partial charge in [0.25, 0.3) is 5.91 Å². The Balaban J connectivity index is 1.41. The Hall–Kier alpha value is -5.23. The van der Waals surface area contributed by atoms with Crippen molar-refractivity contribution < 1.29 is 18.7 Å². The first-order valence-electron chi connectivity index (χ1n) is 14.0. The Morgan fingerprint density at radius 3 is 2.45 bits per heavy atom. The Bertz CT molecular complexity index is 1720. The van der Waals surface area contributed by atoms with E-state index < -0.39 is 11.8 Å². The van der Waals surface area contributed by atoms with Crippen LogP contribution < -0.4 is 15.5 Å². The minimum atomic E-state index is -0.655. The number of amides is 3. The number of fused-ring (bicyclic) bond motifs is 1. The van der Waals surface area contributed by atoms with Gasteiger partial charge in [-0.15, -0.1) is 0 Å². The zero-order valence-electron chi connectivity index (χ0n) is 24.7. The fourth-order valence-electron chi connectivity index (χ4n) is 4.86. The maximum atomic E-state index is 15.3. The summed E-state index contributed by atoms with van der Waals surface area (Å²) < 4.78 is 20.8. The normalized spacial score (nSPS) is 14.0. The van der Waals surface area contributed by atoms with Crippen LogP contribution in [0.3, 0.4) is 0 Å². The van der Waals surface area contributed by atoms with Gasteiger partial charge in [0.1, 0.15) is 11.6 Å². The maximum absolute atomic E-state index is 15.3. The smallest absolute Gasteiger partial charge is 0.323 e. The lowest BCUT2D eigenvalue weighted by Crippen LogP contribution is -2.37.